The maximum atomic E-state index is 11.4. The second-order valence-electron chi connectivity index (χ2n) is 12.1. The van der Waals surface area contributed by atoms with Crippen LogP contribution >= 0.6 is 0 Å². The number of benzene rings is 1. The van der Waals surface area contributed by atoms with Gasteiger partial charge in [-0.2, -0.15) is 0 Å². The molecule has 7 aliphatic rings. The zero-order chi connectivity index (χ0) is 21.4. The second kappa shape index (κ2) is 5.60. The Bertz CT molecular complexity index is 967. The van der Waals surface area contributed by atoms with Crippen LogP contribution in [0.3, 0.4) is 0 Å². The molecule has 5 nitrogen and oxygen atoms in total. The largest absolute Gasteiger partial charge is 0.504 e. The minimum Gasteiger partial charge on any atom is -0.504 e. The Hall–Kier alpha value is -1.30. The molecule has 31 heavy (non-hydrogen) atoms. The normalized spacial score (nSPS) is 44.8. The molecule has 168 valence electrons. The lowest BCUT2D eigenvalue weighted by atomic mass is 9.34. The Morgan fingerprint density at radius 3 is 2.74 bits per heavy atom. The molecule has 1 aromatic rings. The third kappa shape index (κ3) is 2.02. The topological polar surface area (TPSA) is 62.2 Å². The van der Waals surface area contributed by atoms with Crippen LogP contribution in [0.1, 0.15) is 63.5 Å². The van der Waals surface area contributed by atoms with E-state index >= 15 is 0 Å². The number of piperidine rings is 1. The first-order valence-corrected chi connectivity index (χ1v) is 12.3. The fraction of sp³-hybridized carbons (Fsp3) is 0.769. The Labute approximate surface area is 184 Å². The summed E-state index contributed by atoms with van der Waals surface area (Å²) in [6.45, 7) is 6.23. The molecule has 4 bridgehead atoms. The molecule has 8 rings (SSSR count). The first kappa shape index (κ1) is 19.2. The number of methoxy groups -OCH3 is 1. The van der Waals surface area contributed by atoms with Gasteiger partial charge in [0, 0.05) is 42.0 Å². The van der Waals surface area contributed by atoms with Crippen molar-refractivity contribution in [3.63, 3.8) is 0 Å². The highest BCUT2D eigenvalue weighted by Crippen LogP contribution is 2.77. The van der Waals surface area contributed by atoms with Crippen LogP contribution in [-0.4, -0.2) is 58.7 Å². The van der Waals surface area contributed by atoms with E-state index in [9.17, 15) is 10.2 Å². The summed E-state index contributed by atoms with van der Waals surface area (Å²) in [6.07, 6.45) is 7.72. The summed E-state index contributed by atoms with van der Waals surface area (Å²) in [7, 11) is 1.81. The van der Waals surface area contributed by atoms with Crippen molar-refractivity contribution in [2.75, 3.05) is 20.2 Å². The van der Waals surface area contributed by atoms with Crippen molar-refractivity contribution in [1.29, 1.82) is 0 Å². The van der Waals surface area contributed by atoms with E-state index in [0.717, 1.165) is 44.6 Å². The van der Waals surface area contributed by atoms with Crippen molar-refractivity contribution in [1.82, 2.24) is 4.90 Å². The molecule has 2 N–H and O–H groups in total. The monoisotopic (exact) mass is 425 g/mol. The van der Waals surface area contributed by atoms with Crippen LogP contribution in [0, 0.1) is 17.3 Å². The molecule has 2 spiro atoms. The SMILES string of the molecule is CO[C@]12CC[C@@]3(C[C@@H]1C(C)(C)O)[C@H]1Cc4ccc(O)c5c4[C@@]3(CCN1CC1CC1)C2O5. The molecule has 4 saturated carbocycles. The van der Waals surface area contributed by atoms with E-state index in [1.807, 2.05) is 27.0 Å². The molecule has 5 fully saturated rings. The third-order valence-electron chi connectivity index (χ3n) is 10.5. The molecule has 2 aliphatic heterocycles. The number of nitrogens with zero attached hydrogens (tertiary/aromatic N) is 1. The molecule has 0 amide bonds. The summed E-state index contributed by atoms with van der Waals surface area (Å²) < 4.78 is 13.2. The summed E-state index contributed by atoms with van der Waals surface area (Å²) >= 11 is 0. The van der Waals surface area contributed by atoms with Crippen LogP contribution < -0.4 is 4.74 Å². The molecule has 1 saturated heterocycles. The van der Waals surface area contributed by atoms with Crippen LogP contribution in [-0.2, 0) is 16.6 Å². The van der Waals surface area contributed by atoms with Gasteiger partial charge in [0.1, 0.15) is 11.7 Å². The van der Waals surface area contributed by atoms with Gasteiger partial charge in [0.2, 0.25) is 0 Å². The number of aromatic hydroxyl groups is 1. The van der Waals surface area contributed by atoms with Crippen molar-refractivity contribution in [3.8, 4) is 11.5 Å². The number of hydrogen-bond acceptors (Lipinski definition) is 5. The van der Waals surface area contributed by atoms with Crippen LogP contribution in [0.5, 0.6) is 11.5 Å². The number of phenols is 1. The number of hydrogen-bond donors (Lipinski definition) is 2. The highest BCUT2D eigenvalue weighted by molar-refractivity contribution is 5.63. The van der Waals surface area contributed by atoms with Gasteiger partial charge in [0.05, 0.1) is 5.60 Å². The first-order chi connectivity index (χ1) is 14.8. The van der Waals surface area contributed by atoms with E-state index < -0.39 is 11.2 Å². The third-order valence-corrected chi connectivity index (χ3v) is 10.5. The predicted molar refractivity (Wildman–Crippen MR) is 116 cm³/mol. The van der Waals surface area contributed by atoms with Crippen molar-refractivity contribution < 1.29 is 19.7 Å². The fourth-order valence-electron chi connectivity index (χ4n) is 9.23. The van der Waals surface area contributed by atoms with Crippen LogP contribution in [0.4, 0.5) is 0 Å². The number of fused-ring (bicyclic) bond motifs is 2. The molecule has 0 aromatic heterocycles. The average Bonchev–Trinajstić information content (AvgIpc) is 3.47. The quantitative estimate of drug-likeness (QED) is 0.774. The summed E-state index contributed by atoms with van der Waals surface area (Å²) in [5.74, 6) is 1.86. The Morgan fingerprint density at radius 2 is 2.03 bits per heavy atom. The van der Waals surface area contributed by atoms with E-state index in [2.05, 4.69) is 11.0 Å². The van der Waals surface area contributed by atoms with Crippen molar-refractivity contribution in [3.05, 3.63) is 23.3 Å². The van der Waals surface area contributed by atoms with E-state index in [1.54, 1.807) is 0 Å². The zero-order valence-electron chi connectivity index (χ0n) is 19.0. The summed E-state index contributed by atoms with van der Waals surface area (Å²) in [6, 6.07) is 4.46. The molecule has 5 aliphatic carbocycles. The highest BCUT2D eigenvalue weighted by atomic mass is 16.6. The number of ether oxygens (including phenoxy) is 2. The predicted octanol–water partition coefficient (Wildman–Crippen LogP) is 3.39. The van der Waals surface area contributed by atoms with Crippen LogP contribution in [0.2, 0.25) is 0 Å². The average molecular weight is 426 g/mol. The lowest BCUT2D eigenvalue weighted by Gasteiger charge is -2.75. The van der Waals surface area contributed by atoms with Gasteiger partial charge < -0.3 is 19.7 Å². The molecular formula is C26H35NO4. The van der Waals surface area contributed by atoms with Gasteiger partial charge in [-0.25, -0.2) is 0 Å². The number of aliphatic hydroxyl groups is 1. The van der Waals surface area contributed by atoms with Crippen molar-refractivity contribution >= 4 is 0 Å². The van der Waals surface area contributed by atoms with E-state index in [-0.39, 0.29) is 28.6 Å². The number of likely N-dealkylation sites (tertiary alicyclic amines) is 1. The zero-order valence-corrected chi connectivity index (χ0v) is 19.0. The summed E-state index contributed by atoms with van der Waals surface area (Å²) in [5.41, 5.74) is 1.24. The lowest BCUT2D eigenvalue weighted by Crippen LogP contribution is -2.82. The Morgan fingerprint density at radius 1 is 1.23 bits per heavy atom. The van der Waals surface area contributed by atoms with E-state index in [1.165, 1.54) is 30.5 Å². The van der Waals surface area contributed by atoms with E-state index in [4.69, 9.17) is 9.47 Å². The molecule has 1 unspecified atom stereocenters. The molecular weight excluding hydrogens is 390 g/mol. The number of rotatable bonds is 4. The Kier molecular flexibility index (Phi) is 3.47. The minimum absolute atomic E-state index is 0.0123. The van der Waals surface area contributed by atoms with Gasteiger partial charge >= 0.3 is 0 Å². The summed E-state index contributed by atoms with van der Waals surface area (Å²) in [4.78, 5) is 2.81. The first-order valence-electron chi connectivity index (χ1n) is 12.3. The van der Waals surface area contributed by atoms with Gasteiger partial charge in [-0.1, -0.05) is 6.07 Å². The van der Waals surface area contributed by atoms with Gasteiger partial charge in [-0.3, -0.25) is 4.90 Å². The molecule has 6 atom stereocenters. The molecule has 5 heteroatoms. The summed E-state index contributed by atoms with van der Waals surface area (Å²) in [5, 5.41) is 22.2. The Balaban J connectivity index is 1.49. The molecule has 2 heterocycles. The van der Waals surface area contributed by atoms with Crippen LogP contribution in [0.15, 0.2) is 12.1 Å². The van der Waals surface area contributed by atoms with Crippen LogP contribution in [0.25, 0.3) is 0 Å². The maximum Gasteiger partial charge on any atom is 0.165 e. The lowest BCUT2D eigenvalue weighted by molar-refractivity contribution is -0.300. The van der Waals surface area contributed by atoms with Gasteiger partial charge in [0.25, 0.3) is 0 Å². The molecule has 0 radical (unpaired) electrons. The second-order valence-corrected chi connectivity index (χ2v) is 12.1. The van der Waals surface area contributed by atoms with Gasteiger partial charge in [-0.15, -0.1) is 0 Å². The standard InChI is InChI=1S/C26H35NO4/c1-23(2,29)18-13-24-8-9-26(18,30-3)22-25(24)10-11-27(14-15-4-5-15)19(24)12-16-6-7-17(28)21(31-22)20(16)25/h6-7,15,18-19,22,28-29H,4-5,8-14H2,1-3H3/t18-,19-,22?,24-,25+,26-/m1/s1. The van der Waals surface area contributed by atoms with E-state index in [0.29, 0.717) is 11.8 Å². The van der Waals surface area contributed by atoms with Gasteiger partial charge in [-0.05, 0) is 82.9 Å². The fourth-order valence-corrected chi connectivity index (χ4v) is 9.23. The molecule has 1 aromatic carbocycles. The highest BCUT2D eigenvalue weighted by Gasteiger charge is 2.81. The van der Waals surface area contributed by atoms with Crippen molar-refractivity contribution in [2.45, 2.75) is 87.6 Å². The van der Waals surface area contributed by atoms with Gasteiger partial charge in [0.15, 0.2) is 11.5 Å². The minimum atomic E-state index is -0.846. The maximum absolute atomic E-state index is 11.4. The smallest absolute Gasteiger partial charge is 0.165 e. The number of phenolic OH excluding ortho intramolecular Hbond substituents is 1. The van der Waals surface area contributed by atoms with Crippen molar-refractivity contribution in [2.24, 2.45) is 17.3 Å².